The van der Waals surface area contributed by atoms with Gasteiger partial charge in [-0.1, -0.05) is 0 Å². The summed E-state index contributed by atoms with van der Waals surface area (Å²) in [7, 11) is 3.67. The zero-order valence-corrected chi connectivity index (χ0v) is 16.4. The van der Waals surface area contributed by atoms with E-state index in [1.165, 1.54) is 0 Å². The number of methoxy groups -OCH3 is 1. The summed E-state index contributed by atoms with van der Waals surface area (Å²) >= 11 is 0. The Morgan fingerprint density at radius 2 is 1.89 bits per heavy atom. The Hall–Kier alpha value is -2.80. The number of fused-ring (bicyclic) bond motifs is 1. The number of aryl methyl sites for hydroxylation is 1. The average molecular weight is 384 g/mol. The molecule has 0 unspecified atom stereocenters. The maximum Gasteiger partial charge on any atom is 0.164 e. The number of halogens is 1. The lowest BCUT2D eigenvalue weighted by Crippen LogP contribution is -2.30. The van der Waals surface area contributed by atoms with Crippen molar-refractivity contribution < 1.29 is 13.9 Å². The number of alkyl halides is 1. The number of piperidine rings is 1. The number of ether oxygens (including phenoxy) is 1. The molecule has 28 heavy (non-hydrogen) atoms. The number of imidazole rings is 1. The molecule has 0 radical (unpaired) electrons. The van der Waals surface area contributed by atoms with Gasteiger partial charge in [0.2, 0.25) is 0 Å². The van der Waals surface area contributed by atoms with Crippen molar-refractivity contribution in [2.45, 2.75) is 25.9 Å². The first-order valence-electron chi connectivity index (χ1n) is 9.29. The number of hydrogen-bond acceptors (Lipinski definition) is 5. The molecule has 3 aromatic rings. The lowest BCUT2D eigenvalue weighted by atomic mass is 10.1. The standard InChI is InChI=1S/C15H13N3O2.C6H12FN/c1-10-17-14-7-11(9-19)8-16-15(14)18(10)12-3-5-13(20-2)6-4-12;1-8-4-2-6(7)3-5-8/h3-9H,1-2H3;6H,2-5H2,1H3. The fraction of sp³-hybridized carbons (Fsp3) is 0.381. The van der Waals surface area contributed by atoms with E-state index in [-0.39, 0.29) is 0 Å². The number of benzene rings is 1. The summed E-state index contributed by atoms with van der Waals surface area (Å²) in [6.07, 6.45) is 3.27. The highest BCUT2D eigenvalue weighted by Gasteiger charge is 2.14. The van der Waals surface area contributed by atoms with Crippen LogP contribution in [0.25, 0.3) is 16.9 Å². The van der Waals surface area contributed by atoms with Gasteiger partial charge in [-0.05, 0) is 57.1 Å². The smallest absolute Gasteiger partial charge is 0.164 e. The number of carbonyl (C=O) groups is 1. The van der Waals surface area contributed by atoms with Crippen LogP contribution in [0, 0.1) is 6.92 Å². The summed E-state index contributed by atoms with van der Waals surface area (Å²) in [5.74, 6) is 1.62. The molecule has 0 atom stereocenters. The van der Waals surface area contributed by atoms with Gasteiger partial charge in [0.05, 0.1) is 7.11 Å². The lowest BCUT2D eigenvalue weighted by molar-refractivity contribution is 0.112. The molecule has 1 aliphatic rings. The van der Waals surface area contributed by atoms with E-state index in [2.05, 4.69) is 14.9 Å². The number of rotatable bonds is 3. The van der Waals surface area contributed by atoms with Gasteiger partial charge in [0, 0.05) is 30.5 Å². The summed E-state index contributed by atoms with van der Waals surface area (Å²) in [5, 5.41) is 0. The minimum absolute atomic E-state index is 0.522. The van der Waals surface area contributed by atoms with E-state index >= 15 is 0 Å². The highest BCUT2D eigenvalue weighted by Crippen LogP contribution is 2.22. The predicted octanol–water partition coefficient (Wildman–Crippen LogP) is 3.60. The molecule has 3 heterocycles. The number of aldehydes is 1. The van der Waals surface area contributed by atoms with E-state index in [1.807, 2.05) is 42.8 Å². The topological polar surface area (TPSA) is 60.2 Å². The minimum Gasteiger partial charge on any atom is -0.497 e. The molecular formula is C21H25FN4O2. The molecule has 1 saturated heterocycles. The van der Waals surface area contributed by atoms with E-state index in [9.17, 15) is 9.18 Å². The van der Waals surface area contributed by atoms with Crippen molar-refractivity contribution in [3.8, 4) is 11.4 Å². The Morgan fingerprint density at radius 3 is 2.46 bits per heavy atom. The van der Waals surface area contributed by atoms with Crippen LogP contribution in [-0.2, 0) is 0 Å². The van der Waals surface area contributed by atoms with E-state index in [0.717, 1.165) is 55.1 Å². The van der Waals surface area contributed by atoms with Crippen LogP contribution in [0.15, 0.2) is 36.5 Å². The number of carbonyl (C=O) groups excluding carboxylic acids is 1. The lowest BCUT2D eigenvalue weighted by Gasteiger charge is -2.23. The number of nitrogens with zero attached hydrogens (tertiary/aromatic N) is 4. The van der Waals surface area contributed by atoms with E-state index in [4.69, 9.17) is 4.74 Å². The van der Waals surface area contributed by atoms with Crippen molar-refractivity contribution in [3.05, 3.63) is 47.9 Å². The van der Waals surface area contributed by atoms with Crippen molar-refractivity contribution >= 4 is 17.5 Å². The predicted molar refractivity (Wildman–Crippen MR) is 107 cm³/mol. The largest absolute Gasteiger partial charge is 0.497 e. The molecule has 1 aliphatic heterocycles. The maximum absolute atomic E-state index is 12.3. The van der Waals surface area contributed by atoms with Crippen molar-refractivity contribution in [3.63, 3.8) is 0 Å². The van der Waals surface area contributed by atoms with E-state index in [1.54, 1.807) is 19.4 Å². The normalized spacial score (nSPS) is 15.1. The minimum atomic E-state index is -0.522. The van der Waals surface area contributed by atoms with Gasteiger partial charge in [0.25, 0.3) is 0 Å². The Kier molecular flexibility index (Phi) is 6.36. The Balaban J connectivity index is 0.000000236. The number of hydrogen-bond donors (Lipinski definition) is 0. The second-order valence-corrected chi connectivity index (χ2v) is 6.90. The van der Waals surface area contributed by atoms with Crippen LogP contribution in [0.5, 0.6) is 5.75 Å². The zero-order chi connectivity index (χ0) is 20.1. The van der Waals surface area contributed by atoms with Crippen LogP contribution < -0.4 is 4.74 Å². The van der Waals surface area contributed by atoms with Gasteiger partial charge < -0.3 is 9.64 Å². The van der Waals surface area contributed by atoms with Gasteiger partial charge in [-0.3, -0.25) is 9.36 Å². The quantitative estimate of drug-likeness (QED) is 0.646. The van der Waals surface area contributed by atoms with Gasteiger partial charge in [-0.25, -0.2) is 14.4 Å². The van der Waals surface area contributed by atoms with E-state index < -0.39 is 6.17 Å². The first-order chi connectivity index (χ1) is 13.5. The van der Waals surface area contributed by atoms with Gasteiger partial charge in [0.1, 0.15) is 23.3 Å². The third-order valence-electron chi connectivity index (χ3n) is 4.80. The molecule has 1 aromatic carbocycles. The van der Waals surface area contributed by atoms with Crippen LogP contribution in [0.1, 0.15) is 29.0 Å². The fourth-order valence-electron chi connectivity index (χ4n) is 3.18. The average Bonchev–Trinajstić information content (AvgIpc) is 3.05. The molecule has 0 aliphatic carbocycles. The summed E-state index contributed by atoms with van der Waals surface area (Å²) in [6, 6.07) is 9.41. The van der Waals surface area contributed by atoms with Crippen molar-refractivity contribution in [2.75, 3.05) is 27.2 Å². The maximum atomic E-state index is 12.3. The van der Waals surface area contributed by atoms with Crippen molar-refractivity contribution in [2.24, 2.45) is 0 Å². The molecular weight excluding hydrogens is 359 g/mol. The van der Waals surface area contributed by atoms with Crippen molar-refractivity contribution in [1.29, 1.82) is 0 Å². The van der Waals surface area contributed by atoms with Gasteiger partial charge >= 0.3 is 0 Å². The molecule has 7 heteroatoms. The molecule has 6 nitrogen and oxygen atoms in total. The third-order valence-corrected chi connectivity index (χ3v) is 4.80. The van der Waals surface area contributed by atoms with Crippen LogP contribution >= 0.6 is 0 Å². The fourth-order valence-corrected chi connectivity index (χ4v) is 3.18. The number of likely N-dealkylation sites (tertiary alicyclic amines) is 1. The highest BCUT2D eigenvalue weighted by molar-refractivity contribution is 5.83. The second-order valence-electron chi connectivity index (χ2n) is 6.90. The zero-order valence-electron chi connectivity index (χ0n) is 16.4. The Labute approximate surface area is 164 Å². The first-order valence-corrected chi connectivity index (χ1v) is 9.29. The molecule has 148 valence electrons. The van der Waals surface area contributed by atoms with Gasteiger partial charge in [-0.15, -0.1) is 0 Å². The summed E-state index contributed by atoms with van der Waals surface area (Å²) in [6.45, 7) is 3.77. The van der Waals surface area contributed by atoms with Crippen LogP contribution in [0.4, 0.5) is 4.39 Å². The molecule has 0 amide bonds. The molecule has 0 spiro atoms. The first kappa shape index (κ1) is 19.9. The van der Waals surface area contributed by atoms with Crippen molar-refractivity contribution in [1.82, 2.24) is 19.4 Å². The molecule has 4 rings (SSSR count). The highest BCUT2D eigenvalue weighted by atomic mass is 19.1. The summed E-state index contributed by atoms with van der Waals surface area (Å²) in [4.78, 5) is 21.7. The Bertz CT molecular complexity index is 921. The van der Waals surface area contributed by atoms with Crippen LogP contribution in [0.3, 0.4) is 0 Å². The molecule has 0 saturated carbocycles. The number of pyridine rings is 1. The van der Waals surface area contributed by atoms with Crippen LogP contribution in [0.2, 0.25) is 0 Å². The van der Waals surface area contributed by atoms with E-state index in [0.29, 0.717) is 11.1 Å². The SMILES string of the molecule is CN1CCC(F)CC1.COc1ccc(-n2c(C)nc3cc(C=O)cnc32)cc1. The monoisotopic (exact) mass is 384 g/mol. The molecule has 0 bridgehead atoms. The van der Waals surface area contributed by atoms with Crippen LogP contribution in [-0.4, -0.2) is 59.1 Å². The molecule has 1 fully saturated rings. The molecule has 0 N–H and O–H groups in total. The van der Waals surface area contributed by atoms with Gasteiger partial charge in [0.15, 0.2) is 11.9 Å². The number of aromatic nitrogens is 3. The Morgan fingerprint density at radius 1 is 1.21 bits per heavy atom. The third kappa shape index (κ3) is 4.54. The summed E-state index contributed by atoms with van der Waals surface area (Å²) < 4.78 is 19.4. The summed E-state index contributed by atoms with van der Waals surface area (Å²) in [5.41, 5.74) is 2.93. The second kappa shape index (κ2) is 8.93. The van der Waals surface area contributed by atoms with Gasteiger partial charge in [-0.2, -0.15) is 0 Å². The molecule has 2 aromatic heterocycles.